The van der Waals surface area contributed by atoms with Gasteiger partial charge in [0.05, 0.1) is 12.4 Å². The molecule has 2 rings (SSSR count). The fourth-order valence-electron chi connectivity index (χ4n) is 2.17. The molecule has 0 saturated heterocycles. The van der Waals surface area contributed by atoms with E-state index in [9.17, 15) is 4.79 Å². The Morgan fingerprint density at radius 1 is 1.08 bits per heavy atom. The molecule has 0 saturated carbocycles. The van der Waals surface area contributed by atoms with Crippen molar-refractivity contribution >= 4 is 23.4 Å². The number of amides is 1. The average molecular weight is 343 g/mol. The van der Waals surface area contributed by atoms with Gasteiger partial charge in [0, 0.05) is 5.69 Å². The van der Waals surface area contributed by atoms with Gasteiger partial charge >= 0.3 is 0 Å². The van der Waals surface area contributed by atoms with Gasteiger partial charge < -0.3 is 10.1 Å². The first-order chi connectivity index (χ1) is 11.7. The number of benzene rings is 2. The van der Waals surface area contributed by atoms with E-state index >= 15 is 0 Å². The van der Waals surface area contributed by atoms with Crippen molar-refractivity contribution < 1.29 is 9.53 Å². The lowest BCUT2D eigenvalue weighted by Crippen LogP contribution is -2.14. The van der Waals surface area contributed by atoms with E-state index in [1.165, 1.54) is 11.1 Å². The maximum atomic E-state index is 11.9. The number of rotatable bonds is 9. The molecule has 0 heterocycles. The van der Waals surface area contributed by atoms with Crippen molar-refractivity contribution in [2.75, 3.05) is 23.4 Å². The van der Waals surface area contributed by atoms with Crippen LogP contribution in [-0.2, 0) is 11.2 Å². The largest absolute Gasteiger partial charge is 0.494 e. The fraction of sp³-hybridized carbons (Fsp3) is 0.350. The van der Waals surface area contributed by atoms with E-state index in [4.69, 9.17) is 4.74 Å². The van der Waals surface area contributed by atoms with E-state index < -0.39 is 0 Å². The number of carbonyl (C=O) groups excluding carboxylic acids is 1. The molecule has 0 unspecified atom stereocenters. The second-order valence-electron chi connectivity index (χ2n) is 5.67. The van der Waals surface area contributed by atoms with Gasteiger partial charge in [-0.05, 0) is 55.3 Å². The first kappa shape index (κ1) is 18.4. The molecule has 0 fully saturated rings. The van der Waals surface area contributed by atoms with E-state index in [1.807, 2.05) is 48.5 Å². The Balaban J connectivity index is 1.56. The van der Waals surface area contributed by atoms with Gasteiger partial charge in [-0.2, -0.15) is 11.8 Å². The Labute approximate surface area is 148 Å². The van der Waals surface area contributed by atoms with Crippen LogP contribution in [0.15, 0.2) is 48.5 Å². The molecule has 0 bridgehead atoms. The van der Waals surface area contributed by atoms with Gasteiger partial charge in [-0.3, -0.25) is 4.79 Å². The summed E-state index contributed by atoms with van der Waals surface area (Å²) in [5, 5.41) is 2.92. The minimum Gasteiger partial charge on any atom is -0.494 e. The van der Waals surface area contributed by atoms with Crippen LogP contribution in [0, 0.1) is 6.92 Å². The van der Waals surface area contributed by atoms with Crippen molar-refractivity contribution in [1.82, 2.24) is 0 Å². The van der Waals surface area contributed by atoms with E-state index in [-0.39, 0.29) is 5.91 Å². The highest BCUT2D eigenvalue weighted by Crippen LogP contribution is 2.13. The van der Waals surface area contributed by atoms with Crippen molar-refractivity contribution in [3.8, 4) is 5.75 Å². The summed E-state index contributed by atoms with van der Waals surface area (Å²) in [7, 11) is 0. The first-order valence-corrected chi connectivity index (χ1v) is 9.49. The average Bonchev–Trinajstić information content (AvgIpc) is 2.60. The fourth-order valence-corrected chi connectivity index (χ4v) is 2.90. The van der Waals surface area contributed by atoms with Crippen molar-refractivity contribution in [2.24, 2.45) is 0 Å². The van der Waals surface area contributed by atoms with Crippen LogP contribution < -0.4 is 10.1 Å². The molecule has 0 atom stereocenters. The minimum absolute atomic E-state index is 0.0451. The molecule has 24 heavy (non-hydrogen) atoms. The monoisotopic (exact) mass is 343 g/mol. The predicted octanol–water partition coefficient (Wildman–Crippen LogP) is 4.70. The number of thioether (sulfide) groups is 1. The van der Waals surface area contributed by atoms with Crippen LogP contribution in [0.3, 0.4) is 0 Å². The zero-order chi connectivity index (χ0) is 17.2. The van der Waals surface area contributed by atoms with Gasteiger partial charge in [0.1, 0.15) is 5.75 Å². The van der Waals surface area contributed by atoms with E-state index in [0.29, 0.717) is 12.4 Å². The Bertz CT molecular complexity index is 623. The highest BCUT2D eigenvalue weighted by Gasteiger charge is 2.03. The van der Waals surface area contributed by atoms with Gasteiger partial charge in [-0.15, -0.1) is 0 Å². The molecule has 0 aromatic heterocycles. The van der Waals surface area contributed by atoms with Gasteiger partial charge in [-0.25, -0.2) is 0 Å². The van der Waals surface area contributed by atoms with Crippen LogP contribution in [0.25, 0.3) is 0 Å². The molecule has 0 aliphatic heterocycles. The first-order valence-electron chi connectivity index (χ1n) is 8.33. The number of anilines is 1. The number of aryl methyl sites for hydroxylation is 2. The lowest BCUT2D eigenvalue weighted by Gasteiger charge is -2.07. The number of hydrogen-bond donors (Lipinski definition) is 1. The highest BCUT2D eigenvalue weighted by atomic mass is 32.2. The van der Waals surface area contributed by atoms with Crippen LogP contribution >= 0.6 is 11.8 Å². The van der Waals surface area contributed by atoms with Crippen molar-refractivity contribution in [3.63, 3.8) is 0 Å². The molecule has 2 aromatic carbocycles. The number of carbonyl (C=O) groups is 1. The molecular weight excluding hydrogens is 318 g/mol. The summed E-state index contributed by atoms with van der Waals surface area (Å²) >= 11 is 1.63. The SMILES string of the molecule is CCc1ccc(NC(=O)CSCCCOc2ccc(C)cc2)cc1. The number of nitrogens with one attached hydrogen (secondary N) is 1. The van der Waals surface area contributed by atoms with E-state index in [2.05, 4.69) is 19.2 Å². The minimum atomic E-state index is 0.0451. The van der Waals surface area contributed by atoms with E-state index in [0.717, 1.165) is 30.0 Å². The predicted molar refractivity (Wildman–Crippen MR) is 103 cm³/mol. The van der Waals surface area contributed by atoms with Gasteiger partial charge in [0.2, 0.25) is 5.91 Å². The van der Waals surface area contributed by atoms with Crippen LogP contribution in [-0.4, -0.2) is 24.0 Å². The summed E-state index contributed by atoms with van der Waals surface area (Å²) in [6, 6.07) is 16.1. The lowest BCUT2D eigenvalue weighted by atomic mass is 10.1. The lowest BCUT2D eigenvalue weighted by molar-refractivity contribution is -0.113. The normalized spacial score (nSPS) is 10.4. The number of ether oxygens (including phenoxy) is 1. The topological polar surface area (TPSA) is 38.3 Å². The molecule has 0 aliphatic carbocycles. The van der Waals surface area contributed by atoms with Crippen molar-refractivity contribution in [2.45, 2.75) is 26.7 Å². The molecule has 1 N–H and O–H groups in total. The van der Waals surface area contributed by atoms with Crippen LogP contribution in [0.5, 0.6) is 5.75 Å². The van der Waals surface area contributed by atoms with Crippen molar-refractivity contribution in [1.29, 1.82) is 0 Å². The second-order valence-corrected chi connectivity index (χ2v) is 6.77. The van der Waals surface area contributed by atoms with Gasteiger partial charge in [-0.1, -0.05) is 36.8 Å². The quantitative estimate of drug-likeness (QED) is 0.671. The molecule has 0 radical (unpaired) electrons. The third-order valence-electron chi connectivity index (χ3n) is 3.60. The molecule has 2 aromatic rings. The Morgan fingerprint density at radius 2 is 1.79 bits per heavy atom. The summed E-state index contributed by atoms with van der Waals surface area (Å²) in [6.07, 6.45) is 1.94. The summed E-state index contributed by atoms with van der Waals surface area (Å²) in [6.45, 7) is 4.85. The number of hydrogen-bond acceptors (Lipinski definition) is 3. The van der Waals surface area contributed by atoms with Crippen LogP contribution in [0.2, 0.25) is 0 Å². The van der Waals surface area contributed by atoms with Crippen LogP contribution in [0.4, 0.5) is 5.69 Å². The molecule has 4 heteroatoms. The zero-order valence-corrected chi connectivity index (χ0v) is 15.2. The zero-order valence-electron chi connectivity index (χ0n) is 14.4. The molecule has 3 nitrogen and oxygen atoms in total. The maximum absolute atomic E-state index is 11.9. The second kappa shape index (κ2) is 10.0. The van der Waals surface area contributed by atoms with Gasteiger partial charge in [0.25, 0.3) is 0 Å². The Kier molecular flexibility index (Phi) is 7.69. The molecule has 1 amide bonds. The van der Waals surface area contributed by atoms with Gasteiger partial charge in [0.15, 0.2) is 0 Å². The smallest absolute Gasteiger partial charge is 0.234 e. The highest BCUT2D eigenvalue weighted by molar-refractivity contribution is 7.99. The summed E-state index contributed by atoms with van der Waals surface area (Å²) in [4.78, 5) is 11.9. The molecule has 0 aliphatic rings. The standard InChI is InChI=1S/C20H25NO2S/c1-3-17-7-9-18(10-8-17)21-20(22)15-24-14-4-13-23-19-11-5-16(2)6-12-19/h5-12H,3-4,13-15H2,1-2H3,(H,21,22). The molecule has 0 spiro atoms. The Hall–Kier alpha value is -1.94. The molecular formula is C20H25NO2S. The summed E-state index contributed by atoms with van der Waals surface area (Å²) < 4.78 is 5.67. The maximum Gasteiger partial charge on any atom is 0.234 e. The third kappa shape index (κ3) is 6.67. The molecule has 128 valence electrons. The summed E-state index contributed by atoms with van der Waals surface area (Å²) in [5.41, 5.74) is 3.37. The van der Waals surface area contributed by atoms with E-state index in [1.54, 1.807) is 11.8 Å². The van der Waals surface area contributed by atoms with Crippen molar-refractivity contribution in [3.05, 3.63) is 59.7 Å². The Morgan fingerprint density at radius 3 is 2.46 bits per heavy atom. The summed E-state index contributed by atoms with van der Waals surface area (Å²) in [5.74, 6) is 2.33. The third-order valence-corrected chi connectivity index (χ3v) is 4.65. The van der Waals surface area contributed by atoms with Crippen LogP contribution in [0.1, 0.15) is 24.5 Å².